The van der Waals surface area contributed by atoms with Crippen molar-refractivity contribution in [2.45, 2.75) is 25.9 Å². The van der Waals surface area contributed by atoms with Crippen LogP contribution in [0.15, 0.2) is 18.2 Å². The molecule has 0 unspecified atom stereocenters. The van der Waals surface area contributed by atoms with Crippen LogP contribution in [0, 0.1) is 12.3 Å². The molecule has 0 bridgehead atoms. The summed E-state index contributed by atoms with van der Waals surface area (Å²) in [6, 6.07) is 4.73. The number of amides is 1. The van der Waals surface area contributed by atoms with Crippen LogP contribution in [-0.4, -0.2) is 11.7 Å². The minimum atomic E-state index is -0.916. The van der Waals surface area contributed by atoms with Crippen molar-refractivity contribution in [3.05, 3.63) is 28.2 Å². The van der Waals surface area contributed by atoms with Crippen LogP contribution in [0.2, 0.25) is 10.0 Å². The topological polar surface area (TPSA) is 38.3 Å². The largest absolute Gasteiger partial charge is 0.430 e. The molecule has 0 aliphatic rings. The molecule has 1 atom stereocenters. The average Bonchev–Trinajstić information content (AvgIpc) is 2.33. The quantitative estimate of drug-likeness (QED) is 0.839. The fourth-order valence-corrected chi connectivity index (χ4v) is 1.42. The maximum atomic E-state index is 11.6. The molecule has 1 aromatic carbocycles. The molecule has 0 aromatic heterocycles. The summed E-state index contributed by atoms with van der Waals surface area (Å²) in [6.07, 6.45) is 5.21. The summed E-state index contributed by atoms with van der Waals surface area (Å²) in [5, 5.41) is 3.30. The van der Waals surface area contributed by atoms with Gasteiger partial charge in [-0.2, -0.15) is 0 Å². The highest BCUT2D eigenvalue weighted by molar-refractivity contribution is 6.42. The smallest absolute Gasteiger partial charge is 0.413 e. The fourth-order valence-electron chi connectivity index (χ4n) is 1.13. The minimum Gasteiger partial charge on any atom is -0.430 e. The van der Waals surface area contributed by atoms with Gasteiger partial charge in [0.15, 0.2) is 5.60 Å². The molecule has 18 heavy (non-hydrogen) atoms. The van der Waals surface area contributed by atoms with Crippen LogP contribution in [0.1, 0.15) is 20.3 Å². The Bertz CT molecular complexity index is 496. The molecular weight excluding hydrogens is 273 g/mol. The number of nitrogens with one attached hydrogen (secondary N) is 1. The van der Waals surface area contributed by atoms with Gasteiger partial charge in [-0.25, -0.2) is 4.79 Å². The summed E-state index contributed by atoms with van der Waals surface area (Å²) in [7, 11) is 0. The number of halogens is 2. The third-order valence-corrected chi connectivity index (χ3v) is 3.20. The Kier molecular flexibility index (Phi) is 4.89. The van der Waals surface area contributed by atoms with E-state index in [1.165, 1.54) is 6.07 Å². The van der Waals surface area contributed by atoms with Crippen molar-refractivity contribution < 1.29 is 9.53 Å². The monoisotopic (exact) mass is 285 g/mol. The van der Waals surface area contributed by atoms with E-state index in [0.717, 1.165) is 0 Å². The zero-order valence-corrected chi connectivity index (χ0v) is 11.6. The Morgan fingerprint density at radius 1 is 1.50 bits per heavy atom. The molecule has 1 amide bonds. The molecule has 0 aliphatic heterocycles. The Labute approximate surface area is 116 Å². The van der Waals surface area contributed by atoms with Crippen LogP contribution < -0.4 is 5.32 Å². The van der Waals surface area contributed by atoms with E-state index in [1.54, 1.807) is 19.1 Å². The standard InChI is InChI=1S/C13H13Cl2NO2/c1-4-13(3,5-2)18-12(17)16-9-6-7-10(14)11(15)8-9/h1,6-8H,5H2,2-3H3,(H,16,17)/t13-/m1/s1. The van der Waals surface area contributed by atoms with E-state index in [-0.39, 0.29) is 0 Å². The Balaban J connectivity index is 2.71. The number of hydrogen-bond acceptors (Lipinski definition) is 2. The maximum absolute atomic E-state index is 11.6. The lowest BCUT2D eigenvalue weighted by Crippen LogP contribution is -2.31. The fraction of sp³-hybridized carbons (Fsp3) is 0.308. The number of benzene rings is 1. The summed E-state index contributed by atoms with van der Waals surface area (Å²) in [4.78, 5) is 11.6. The van der Waals surface area contributed by atoms with Gasteiger partial charge >= 0.3 is 6.09 Å². The molecule has 0 saturated carbocycles. The molecule has 1 aromatic rings. The summed E-state index contributed by atoms with van der Waals surface area (Å²) < 4.78 is 5.15. The number of rotatable bonds is 3. The number of anilines is 1. The molecule has 0 radical (unpaired) electrons. The number of carbonyl (C=O) groups is 1. The van der Waals surface area contributed by atoms with Crippen LogP contribution in [0.5, 0.6) is 0 Å². The molecule has 0 fully saturated rings. The SMILES string of the molecule is C#C[C@](C)(CC)OC(=O)Nc1ccc(Cl)c(Cl)c1. The zero-order valence-electron chi connectivity index (χ0n) is 10.1. The molecule has 0 saturated heterocycles. The molecule has 3 nitrogen and oxygen atoms in total. The van der Waals surface area contributed by atoms with Crippen molar-refractivity contribution in [3.63, 3.8) is 0 Å². The molecule has 0 aliphatic carbocycles. The van der Waals surface area contributed by atoms with Crippen molar-refractivity contribution in [2.75, 3.05) is 5.32 Å². The van der Waals surface area contributed by atoms with E-state index in [1.807, 2.05) is 6.92 Å². The predicted octanol–water partition coefficient (Wildman–Crippen LogP) is 4.34. The molecule has 1 N–H and O–H groups in total. The second kappa shape index (κ2) is 5.99. The van der Waals surface area contributed by atoms with Gasteiger partial charge in [0.2, 0.25) is 0 Å². The molecule has 96 valence electrons. The van der Waals surface area contributed by atoms with Gasteiger partial charge in [-0.1, -0.05) is 36.0 Å². The second-order valence-electron chi connectivity index (χ2n) is 3.87. The molecule has 5 heteroatoms. The van der Waals surface area contributed by atoms with E-state index in [2.05, 4.69) is 11.2 Å². The van der Waals surface area contributed by atoms with Crippen molar-refractivity contribution in [2.24, 2.45) is 0 Å². The van der Waals surface area contributed by atoms with Gasteiger partial charge < -0.3 is 4.74 Å². The molecular formula is C13H13Cl2NO2. The highest BCUT2D eigenvalue weighted by Gasteiger charge is 2.23. The van der Waals surface area contributed by atoms with E-state index >= 15 is 0 Å². The Morgan fingerprint density at radius 2 is 2.17 bits per heavy atom. The summed E-state index contributed by atoms with van der Waals surface area (Å²) >= 11 is 11.6. The first-order valence-electron chi connectivity index (χ1n) is 5.33. The van der Waals surface area contributed by atoms with Gasteiger partial charge in [0.25, 0.3) is 0 Å². The van der Waals surface area contributed by atoms with Crippen molar-refractivity contribution in [1.82, 2.24) is 0 Å². The van der Waals surface area contributed by atoms with Gasteiger partial charge in [-0.15, -0.1) is 6.42 Å². The van der Waals surface area contributed by atoms with Crippen LogP contribution in [-0.2, 0) is 4.74 Å². The third kappa shape index (κ3) is 3.83. The molecule has 1 rings (SSSR count). The van der Waals surface area contributed by atoms with Crippen molar-refractivity contribution >= 4 is 35.0 Å². The number of terminal acetylenes is 1. The molecule has 0 heterocycles. The van der Waals surface area contributed by atoms with Crippen LogP contribution in [0.3, 0.4) is 0 Å². The maximum Gasteiger partial charge on any atom is 0.413 e. The van der Waals surface area contributed by atoms with Gasteiger partial charge in [0.1, 0.15) is 0 Å². The predicted molar refractivity (Wildman–Crippen MR) is 74.1 cm³/mol. The third-order valence-electron chi connectivity index (χ3n) is 2.46. The number of ether oxygens (including phenoxy) is 1. The number of hydrogen-bond donors (Lipinski definition) is 1. The Hall–Kier alpha value is -1.37. The lowest BCUT2D eigenvalue weighted by atomic mass is 10.1. The van der Waals surface area contributed by atoms with E-state index in [0.29, 0.717) is 22.2 Å². The normalized spacial score (nSPS) is 13.3. The van der Waals surface area contributed by atoms with Gasteiger partial charge in [0, 0.05) is 5.69 Å². The van der Waals surface area contributed by atoms with Crippen LogP contribution in [0.4, 0.5) is 10.5 Å². The van der Waals surface area contributed by atoms with Gasteiger partial charge in [0.05, 0.1) is 10.0 Å². The van der Waals surface area contributed by atoms with Gasteiger partial charge in [-0.3, -0.25) is 5.32 Å². The van der Waals surface area contributed by atoms with Gasteiger partial charge in [-0.05, 0) is 31.5 Å². The Morgan fingerprint density at radius 3 is 2.67 bits per heavy atom. The van der Waals surface area contributed by atoms with Crippen molar-refractivity contribution in [1.29, 1.82) is 0 Å². The lowest BCUT2D eigenvalue weighted by molar-refractivity contribution is 0.0750. The first kappa shape index (κ1) is 14.7. The average molecular weight is 286 g/mol. The highest BCUT2D eigenvalue weighted by atomic mass is 35.5. The van der Waals surface area contributed by atoms with E-state index < -0.39 is 11.7 Å². The van der Waals surface area contributed by atoms with Crippen molar-refractivity contribution in [3.8, 4) is 12.3 Å². The van der Waals surface area contributed by atoms with Crippen LogP contribution in [0.25, 0.3) is 0 Å². The summed E-state index contributed by atoms with van der Waals surface area (Å²) in [5.74, 6) is 2.44. The summed E-state index contributed by atoms with van der Waals surface area (Å²) in [5.41, 5.74) is -0.426. The summed E-state index contributed by atoms with van der Waals surface area (Å²) in [6.45, 7) is 3.51. The van der Waals surface area contributed by atoms with E-state index in [9.17, 15) is 4.79 Å². The minimum absolute atomic E-state index is 0.352. The molecule has 0 spiro atoms. The zero-order chi connectivity index (χ0) is 13.8. The highest BCUT2D eigenvalue weighted by Crippen LogP contribution is 2.25. The second-order valence-corrected chi connectivity index (χ2v) is 4.69. The lowest BCUT2D eigenvalue weighted by Gasteiger charge is -2.22. The first-order chi connectivity index (χ1) is 8.40. The number of carbonyl (C=O) groups excluding carboxylic acids is 1. The van der Waals surface area contributed by atoms with Crippen LogP contribution >= 0.6 is 23.2 Å². The van der Waals surface area contributed by atoms with E-state index in [4.69, 9.17) is 34.4 Å². The first-order valence-corrected chi connectivity index (χ1v) is 6.08.